The zero-order chi connectivity index (χ0) is 10.2. The van der Waals surface area contributed by atoms with Crippen molar-refractivity contribution in [2.24, 2.45) is 0 Å². The van der Waals surface area contributed by atoms with Crippen LogP contribution in [-0.4, -0.2) is 24.6 Å². The summed E-state index contributed by atoms with van der Waals surface area (Å²) in [6, 6.07) is 0. The quantitative estimate of drug-likeness (QED) is 0.409. The van der Waals surface area contributed by atoms with Crippen LogP contribution >= 0.6 is 7.26 Å². The minimum atomic E-state index is -0.968. The van der Waals surface area contributed by atoms with Crippen LogP contribution < -0.4 is 0 Å². The van der Waals surface area contributed by atoms with E-state index in [-0.39, 0.29) is 0 Å². The summed E-state index contributed by atoms with van der Waals surface area (Å²) in [6.45, 7) is 15.3. The summed E-state index contributed by atoms with van der Waals surface area (Å²) in [7, 11) is -0.968. The Morgan fingerprint density at radius 2 is 0.846 bits per heavy atom. The van der Waals surface area contributed by atoms with Gasteiger partial charge in [-0.15, -0.1) is 33.6 Å². The maximum Gasteiger partial charge on any atom is -0.0173 e. The van der Waals surface area contributed by atoms with Crippen LogP contribution in [0.15, 0.2) is 50.6 Å². The number of hydrogen-bond donors (Lipinski definition) is 0. The van der Waals surface area contributed by atoms with Gasteiger partial charge in [0.05, 0.1) is 0 Å². The van der Waals surface area contributed by atoms with Crippen LogP contribution in [0.1, 0.15) is 0 Å². The highest BCUT2D eigenvalue weighted by atomic mass is 31.2. The molecule has 0 heterocycles. The van der Waals surface area contributed by atoms with Gasteiger partial charge in [0.25, 0.3) is 0 Å². The van der Waals surface area contributed by atoms with Crippen LogP contribution in [0.3, 0.4) is 0 Å². The average Bonchev–Trinajstić information content (AvgIpc) is 2.06. The van der Waals surface area contributed by atoms with E-state index in [1.807, 2.05) is 24.3 Å². The highest BCUT2D eigenvalue weighted by Crippen LogP contribution is 2.58. The Balaban J connectivity index is 4.53. The molecule has 0 bridgehead atoms. The fourth-order valence-corrected chi connectivity index (χ4v) is 4.63. The molecule has 0 N–H and O–H groups in total. The molecule has 0 unspecified atom stereocenters. The van der Waals surface area contributed by atoms with Crippen molar-refractivity contribution in [1.29, 1.82) is 0 Å². The summed E-state index contributed by atoms with van der Waals surface area (Å²) in [5.74, 6) is 0. The van der Waals surface area contributed by atoms with E-state index in [2.05, 4.69) is 26.3 Å². The van der Waals surface area contributed by atoms with E-state index in [4.69, 9.17) is 0 Å². The zero-order valence-corrected chi connectivity index (χ0v) is 9.31. The van der Waals surface area contributed by atoms with Crippen molar-refractivity contribution in [3.63, 3.8) is 0 Å². The molecule has 0 saturated carbocycles. The Kier molecular flexibility index (Phi) is 6.54. The molecule has 0 amide bonds. The third-order valence-electron chi connectivity index (χ3n) is 2.07. The van der Waals surface area contributed by atoms with E-state index in [1.165, 1.54) is 0 Å². The minimum Gasteiger partial charge on any atom is -0.111 e. The molecule has 0 atom stereocenters. The molecule has 0 aliphatic carbocycles. The molecule has 73 valence electrons. The second kappa shape index (κ2) is 6.86. The van der Waals surface area contributed by atoms with E-state index in [9.17, 15) is 0 Å². The Labute approximate surface area is 83.1 Å². The van der Waals surface area contributed by atoms with Crippen molar-refractivity contribution < 1.29 is 0 Å². The third kappa shape index (κ3) is 4.24. The Hall–Kier alpha value is -0.610. The van der Waals surface area contributed by atoms with E-state index in [1.54, 1.807) is 0 Å². The largest absolute Gasteiger partial charge is 0.111 e. The van der Waals surface area contributed by atoms with Crippen LogP contribution in [0.5, 0.6) is 0 Å². The molecule has 1 heteroatoms. The van der Waals surface area contributed by atoms with Gasteiger partial charge in [-0.1, -0.05) is 24.3 Å². The van der Waals surface area contributed by atoms with Gasteiger partial charge in [0, 0.05) is 0 Å². The van der Waals surface area contributed by atoms with Crippen LogP contribution in [0.2, 0.25) is 0 Å². The molecule has 0 rings (SSSR count). The van der Waals surface area contributed by atoms with E-state index in [0.717, 1.165) is 24.6 Å². The van der Waals surface area contributed by atoms with Crippen LogP contribution in [0.4, 0.5) is 0 Å². The van der Waals surface area contributed by atoms with Crippen molar-refractivity contribution >= 4 is 7.26 Å². The summed E-state index contributed by atoms with van der Waals surface area (Å²) in [4.78, 5) is 0. The first-order valence-electron chi connectivity index (χ1n) is 4.53. The molecule has 0 fully saturated rings. The molecule has 0 nitrogen and oxygen atoms in total. The summed E-state index contributed by atoms with van der Waals surface area (Å²) in [6.07, 6.45) is 12.5. The van der Waals surface area contributed by atoms with Crippen molar-refractivity contribution in [3.8, 4) is 0 Å². The first-order chi connectivity index (χ1) is 6.24. The molecule has 0 aromatic rings. The predicted octanol–water partition coefficient (Wildman–Crippen LogP) is 3.75. The van der Waals surface area contributed by atoms with Gasteiger partial charge in [-0.25, -0.2) is 0 Å². The standard InChI is InChI=1S/C12H20P/c1-5-9-13(10-6-2,11-7-3)12-8-4/h5-8H,1-4,9-12H2. The van der Waals surface area contributed by atoms with E-state index >= 15 is 0 Å². The molecule has 0 aromatic heterocycles. The minimum absolute atomic E-state index is 0.968. The number of hydrogen-bond acceptors (Lipinski definition) is 0. The molecule has 0 aliphatic heterocycles. The van der Waals surface area contributed by atoms with Gasteiger partial charge in [-0.2, -0.15) is 0 Å². The summed E-state index contributed by atoms with van der Waals surface area (Å²) >= 11 is 0. The molecule has 0 aliphatic rings. The molecular formula is C12H20P. The maximum atomic E-state index is 3.82. The van der Waals surface area contributed by atoms with Gasteiger partial charge in [0.15, 0.2) is 0 Å². The highest BCUT2D eigenvalue weighted by molar-refractivity contribution is 7.76. The van der Waals surface area contributed by atoms with Gasteiger partial charge in [0.1, 0.15) is 0 Å². The first-order valence-corrected chi connectivity index (χ1v) is 7.06. The lowest BCUT2D eigenvalue weighted by atomic mass is 10.7. The van der Waals surface area contributed by atoms with Crippen molar-refractivity contribution in [1.82, 2.24) is 0 Å². The molecule has 13 heavy (non-hydrogen) atoms. The molecule has 1 radical (unpaired) electrons. The molecule has 0 spiro atoms. The maximum absolute atomic E-state index is 3.82. The second-order valence-corrected chi connectivity index (χ2v) is 7.37. The summed E-state index contributed by atoms with van der Waals surface area (Å²) in [5.41, 5.74) is 0. The fourth-order valence-electron chi connectivity index (χ4n) is 1.54. The lowest BCUT2D eigenvalue weighted by Crippen LogP contribution is -2.07. The summed E-state index contributed by atoms with van der Waals surface area (Å²) in [5, 5.41) is 0. The monoisotopic (exact) mass is 195 g/mol. The average molecular weight is 195 g/mol. The van der Waals surface area contributed by atoms with Crippen molar-refractivity contribution in [3.05, 3.63) is 50.6 Å². The van der Waals surface area contributed by atoms with Gasteiger partial charge < -0.3 is 0 Å². The SMILES string of the molecule is C=CC[P](CC=C)(CC=C)CC=C. The van der Waals surface area contributed by atoms with E-state index in [0.29, 0.717) is 0 Å². The Bertz CT molecular complexity index is 146. The topological polar surface area (TPSA) is 0 Å². The molecular weight excluding hydrogens is 175 g/mol. The number of rotatable bonds is 8. The molecule has 0 aromatic carbocycles. The van der Waals surface area contributed by atoms with Gasteiger partial charge in [0.2, 0.25) is 0 Å². The second-order valence-electron chi connectivity index (χ2n) is 3.23. The van der Waals surface area contributed by atoms with Crippen molar-refractivity contribution in [2.45, 2.75) is 0 Å². The lowest BCUT2D eigenvalue weighted by molar-refractivity contribution is 1.47. The molecule has 0 saturated heterocycles. The summed E-state index contributed by atoms with van der Waals surface area (Å²) < 4.78 is 0. The lowest BCUT2D eigenvalue weighted by Gasteiger charge is -2.32. The van der Waals surface area contributed by atoms with Gasteiger partial charge in [-0.3, -0.25) is 0 Å². The van der Waals surface area contributed by atoms with Gasteiger partial charge in [-0.05, 0) is 24.6 Å². The zero-order valence-electron chi connectivity index (χ0n) is 8.41. The third-order valence-corrected chi connectivity index (χ3v) is 6.20. The fraction of sp³-hybridized carbons (Fsp3) is 0.333. The van der Waals surface area contributed by atoms with Crippen LogP contribution in [0.25, 0.3) is 0 Å². The predicted molar refractivity (Wildman–Crippen MR) is 67.2 cm³/mol. The highest BCUT2D eigenvalue weighted by Gasteiger charge is 2.20. The first kappa shape index (κ1) is 12.4. The van der Waals surface area contributed by atoms with Crippen LogP contribution in [0, 0.1) is 0 Å². The number of allylic oxidation sites excluding steroid dienone is 4. The van der Waals surface area contributed by atoms with Crippen molar-refractivity contribution in [2.75, 3.05) is 24.6 Å². The van der Waals surface area contributed by atoms with Gasteiger partial charge >= 0.3 is 0 Å². The normalized spacial score (nSPS) is 10.5. The smallest absolute Gasteiger partial charge is 0.0173 e. The Morgan fingerprint density at radius 1 is 0.615 bits per heavy atom. The van der Waals surface area contributed by atoms with E-state index < -0.39 is 7.26 Å². The Morgan fingerprint density at radius 3 is 1.00 bits per heavy atom. The van der Waals surface area contributed by atoms with Crippen LogP contribution in [-0.2, 0) is 0 Å².